The first-order chi connectivity index (χ1) is 12.6. The second kappa shape index (κ2) is 6.67. The summed E-state index contributed by atoms with van der Waals surface area (Å²) >= 11 is 0. The van der Waals surface area contributed by atoms with Crippen LogP contribution in [0.15, 0.2) is 42.5 Å². The standard InChI is InChI=1S/C19H17FN2O4/c20-13-3-1-2-12(8-13)19(24)21-14-9-18(23)22(11-14)15-4-5-16-17(10-15)26-7-6-25-16/h1-5,8,10,14H,6-7,9,11H2,(H,21,24)/t14-/m1/s1. The van der Waals surface area contributed by atoms with E-state index in [4.69, 9.17) is 9.47 Å². The predicted molar refractivity (Wildman–Crippen MR) is 92.1 cm³/mol. The molecule has 2 aromatic carbocycles. The molecule has 1 N–H and O–H groups in total. The molecule has 1 saturated heterocycles. The van der Waals surface area contributed by atoms with Gasteiger partial charge in [-0.1, -0.05) is 6.07 Å². The number of benzene rings is 2. The number of fused-ring (bicyclic) bond motifs is 1. The van der Waals surface area contributed by atoms with Gasteiger partial charge in [0.15, 0.2) is 11.5 Å². The second-order valence-corrected chi connectivity index (χ2v) is 6.22. The zero-order valence-electron chi connectivity index (χ0n) is 13.9. The number of amides is 2. The minimum atomic E-state index is -0.474. The molecule has 134 valence electrons. The van der Waals surface area contributed by atoms with Crippen LogP contribution in [0, 0.1) is 5.82 Å². The summed E-state index contributed by atoms with van der Waals surface area (Å²) in [6.07, 6.45) is 0.190. The lowest BCUT2D eigenvalue weighted by molar-refractivity contribution is -0.117. The molecule has 2 heterocycles. The average molecular weight is 356 g/mol. The van der Waals surface area contributed by atoms with Crippen molar-refractivity contribution < 1.29 is 23.5 Å². The molecule has 2 aliphatic heterocycles. The van der Waals surface area contributed by atoms with Crippen molar-refractivity contribution >= 4 is 17.5 Å². The van der Waals surface area contributed by atoms with Gasteiger partial charge in [0, 0.05) is 30.3 Å². The van der Waals surface area contributed by atoms with Gasteiger partial charge >= 0.3 is 0 Å². The third-order valence-corrected chi connectivity index (χ3v) is 4.38. The molecule has 0 unspecified atom stereocenters. The molecule has 6 nitrogen and oxygen atoms in total. The average Bonchev–Trinajstić information content (AvgIpc) is 3.01. The minimum absolute atomic E-state index is 0.0915. The zero-order valence-corrected chi connectivity index (χ0v) is 13.9. The highest BCUT2D eigenvalue weighted by Crippen LogP contribution is 2.35. The molecule has 2 aromatic rings. The zero-order chi connectivity index (χ0) is 18.1. The van der Waals surface area contributed by atoms with Crippen LogP contribution < -0.4 is 19.7 Å². The Balaban J connectivity index is 1.46. The number of nitrogens with one attached hydrogen (secondary N) is 1. The first kappa shape index (κ1) is 16.4. The lowest BCUT2D eigenvalue weighted by Gasteiger charge is -2.22. The van der Waals surface area contributed by atoms with Crippen molar-refractivity contribution in [3.8, 4) is 11.5 Å². The Morgan fingerprint density at radius 1 is 1.12 bits per heavy atom. The first-order valence-electron chi connectivity index (χ1n) is 8.36. The van der Waals surface area contributed by atoms with Gasteiger partial charge in [-0.25, -0.2) is 4.39 Å². The largest absolute Gasteiger partial charge is 0.486 e. The number of carbonyl (C=O) groups is 2. The highest BCUT2D eigenvalue weighted by atomic mass is 19.1. The number of anilines is 1. The van der Waals surface area contributed by atoms with E-state index in [1.807, 2.05) is 0 Å². The highest BCUT2D eigenvalue weighted by Gasteiger charge is 2.32. The smallest absolute Gasteiger partial charge is 0.251 e. The molecule has 0 spiro atoms. The van der Waals surface area contributed by atoms with Crippen molar-refractivity contribution in [3.63, 3.8) is 0 Å². The summed E-state index contributed by atoms with van der Waals surface area (Å²) in [6.45, 7) is 1.32. The van der Waals surface area contributed by atoms with E-state index in [1.54, 1.807) is 23.1 Å². The van der Waals surface area contributed by atoms with Gasteiger partial charge in [0.05, 0.1) is 6.04 Å². The Morgan fingerprint density at radius 2 is 1.92 bits per heavy atom. The molecule has 26 heavy (non-hydrogen) atoms. The van der Waals surface area contributed by atoms with Crippen molar-refractivity contribution in [2.45, 2.75) is 12.5 Å². The van der Waals surface area contributed by atoms with E-state index < -0.39 is 11.7 Å². The molecule has 0 aliphatic carbocycles. The van der Waals surface area contributed by atoms with E-state index in [-0.39, 0.29) is 23.9 Å². The van der Waals surface area contributed by atoms with Crippen LogP contribution in [0.5, 0.6) is 11.5 Å². The van der Waals surface area contributed by atoms with Crippen molar-refractivity contribution in [1.82, 2.24) is 5.32 Å². The number of carbonyl (C=O) groups excluding carboxylic acids is 2. The molecule has 0 bridgehead atoms. The van der Waals surface area contributed by atoms with E-state index in [1.165, 1.54) is 24.3 Å². The normalized spacial score (nSPS) is 18.7. The van der Waals surface area contributed by atoms with E-state index in [2.05, 4.69) is 5.32 Å². The summed E-state index contributed by atoms with van der Waals surface area (Å²) in [5, 5.41) is 2.79. The van der Waals surface area contributed by atoms with Crippen molar-refractivity contribution in [1.29, 1.82) is 0 Å². The lowest BCUT2D eigenvalue weighted by atomic mass is 10.2. The third-order valence-electron chi connectivity index (χ3n) is 4.38. The van der Waals surface area contributed by atoms with Gasteiger partial charge in [-0.3, -0.25) is 9.59 Å². The van der Waals surface area contributed by atoms with Gasteiger partial charge < -0.3 is 19.7 Å². The van der Waals surface area contributed by atoms with E-state index in [0.717, 1.165) is 0 Å². The monoisotopic (exact) mass is 356 g/mol. The van der Waals surface area contributed by atoms with Gasteiger partial charge in [-0.2, -0.15) is 0 Å². The summed E-state index contributed by atoms with van der Waals surface area (Å²) in [5.41, 5.74) is 0.928. The molecular weight excluding hydrogens is 339 g/mol. The first-order valence-corrected chi connectivity index (χ1v) is 8.36. The predicted octanol–water partition coefficient (Wildman–Crippen LogP) is 2.13. The van der Waals surface area contributed by atoms with Crippen LogP contribution in [0.4, 0.5) is 10.1 Å². The molecule has 0 saturated carbocycles. The fourth-order valence-corrected chi connectivity index (χ4v) is 3.15. The Bertz CT molecular complexity index is 870. The number of halogens is 1. The second-order valence-electron chi connectivity index (χ2n) is 6.22. The molecule has 4 rings (SSSR count). The molecule has 7 heteroatoms. The fourth-order valence-electron chi connectivity index (χ4n) is 3.15. The Kier molecular flexibility index (Phi) is 4.20. The number of hydrogen-bond donors (Lipinski definition) is 1. The number of hydrogen-bond acceptors (Lipinski definition) is 4. The van der Waals surface area contributed by atoms with Crippen LogP contribution in [0.3, 0.4) is 0 Å². The quantitative estimate of drug-likeness (QED) is 0.915. The van der Waals surface area contributed by atoms with Crippen LogP contribution in [-0.2, 0) is 4.79 Å². The molecular formula is C19H17FN2O4. The maximum Gasteiger partial charge on any atom is 0.251 e. The maximum atomic E-state index is 13.3. The van der Waals surface area contributed by atoms with E-state index >= 15 is 0 Å². The van der Waals surface area contributed by atoms with Crippen LogP contribution in [0.2, 0.25) is 0 Å². The summed E-state index contributed by atoms with van der Waals surface area (Å²) in [6, 6.07) is 10.5. The van der Waals surface area contributed by atoms with Crippen LogP contribution >= 0.6 is 0 Å². The van der Waals surface area contributed by atoms with Gasteiger partial charge in [0.2, 0.25) is 5.91 Å². The summed E-state index contributed by atoms with van der Waals surface area (Å²) in [4.78, 5) is 26.2. The van der Waals surface area contributed by atoms with Crippen LogP contribution in [-0.4, -0.2) is 37.6 Å². The molecule has 2 aliphatic rings. The lowest BCUT2D eigenvalue weighted by Crippen LogP contribution is -2.37. The Hall–Kier alpha value is -3.09. The highest BCUT2D eigenvalue weighted by molar-refractivity contribution is 5.99. The molecule has 0 aromatic heterocycles. The van der Waals surface area contributed by atoms with Crippen molar-refractivity contribution in [2.75, 3.05) is 24.7 Å². The summed E-state index contributed by atoms with van der Waals surface area (Å²) in [7, 11) is 0. The van der Waals surface area contributed by atoms with Gasteiger partial charge in [-0.15, -0.1) is 0 Å². The van der Waals surface area contributed by atoms with E-state index in [9.17, 15) is 14.0 Å². The SMILES string of the molecule is O=C(N[C@@H]1CC(=O)N(c2ccc3c(c2)OCCO3)C1)c1cccc(F)c1. The third kappa shape index (κ3) is 3.20. The van der Waals surface area contributed by atoms with Crippen LogP contribution in [0.1, 0.15) is 16.8 Å². The van der Waals surface area contributed by atoms with Gasteiger partial charge in [0.25, 0.3) is 5.91 Å². The summed E-state index contributed by atoms with van der Waals surface area (Å²) < 4.78 is 24.3. The Labute approximate surface area is 149 Å². The van der Waals surface area contributed by atoms with Crippen molar-refractivity contribution in [2.24, 2.45) is 0 Å². The minimum Gasteiger partial charge on any atom is -0.486 e. The molecule has 1 fully saturated rings. The number of ether oxygens (including phenoxy) is 2. The Morgan fingerprint density at radius 3 is 2.73 bits per heavy atom. The van der Waals surface area contributed by atoms with Gasteiger partial charge in [-0.05, 0) is 30.3 Å². The maximum absolute atomic E-state index is 13.3. The number of rotatable bonds is 3. The van der Waals surface area contributed by atoms with Crippen molar-refractivity contribution in [3.05, 3.63) is 53.8 Å². The molecule has 1 atom stereocenters. The van der Waals surface area contributed by atoms with Crippen LogP contribution in [0.25, 0.3) is 0 Å². The molecule has 0 radical (unpaired) electrons. The summed E-state index contributed by atoms with van der Waals surface area (Å²) in [5.74, 6) is 0.298. The van der Waals surface area contributed by atoms with Gasteiger partial charge in [0.1, 0.15) is 19.0 Å². The fraction of sp³-hybridized carbons (Fsp3) is 0.263. The molecule has 2 amide bonds. The topological polar surface area (TPSA) is 67.9 Å². The van der Waals surface area contributed by atoms with E-state index in [0.29, 0.717) is 36.9 Å². The number of nitrogens with zero attached hydrogens (tertiary/aromatic N) is 1.